The number of sulfonamides is 1. The first-order chi connectivity index (χ1) is 9.45. The average Bonchev–Trinajstić information content (AvgIpc) is 3.05. The normalized spacial score (nSPS) is 20.9. The van der Waals surface area contributed by atoms with Gasteiger partial charge in [0.15, 0.2) is 0 Å². The van der Waals surface area contributed by atoms with E-state index in [-0.39, 0.29) is 17.5 Å². The SMILES string of the molecule is CN(C)C1CCN(S(=O)(=O)c2cnn(CCCO)c2)C1. The molecule has 2 heterocycles. The van der Waals surface area contributed by atoms with Crippen LogP contribution in [0.2, 0.25) is 0 Å². The van der Waals surface area contributed by atoms with Crippen molar-refractivity contribution in [2.24, 2.45) is 0 Å². The van der Waals surface area contributed by atoms with Gasteiger partial charge in [-0.2, -0.15) is 9.40 Å². The third kappa shape index (κ3) is 3.20. The summed E-state index contributed by atoms with van der Waals surface area (Å²) in [6.45, 7) is 1.66. The Labute approximate surface area is 119 Å². The van der Waals surface area contributed by atoms with Crippen molar-refractivity contribution >= 4 is 10.0 Å². The molecule has 1 atom stereocenters. The second-order valence-electron chi connectivity index (χ2n) is 5.29. The molecule has 1 aliphatic heterocycles. The lowest BCUT2D eigenvalue weighted by Gasteiger charge is -2.19. The summed E-state index contributed by atoms with van der Waals surface area (Å²) in [5.74, 6) is 0. The number of aryl methyl sites for hydroxylation is 1. The van der Waals surface area contributed by atoms with Gasteiger partial charge < -0.3 is 10.0 Å². The third-order valence-corrected chi connectivity index (χ3v) is 5.47. The van der Waals surface area contributed by atoms with Gasteiger partial charge in [-0.15, -0.1) is 0 Å². The lowest BCUT2D eigenvalue weighted by atomic mass is 10.2. The standard InChI is InChI=1S/C12H22N4O3S/c1-14(2)11-4-6-16(9-11)20(18,19)12-8-13-15(10-12)5-3-7-17/h8,10-11,17H,3-7,9H2,1-2H3. The topological polar surface area (TPSA) is 78.7 Å². The van der Waals surface area contributed by atoms with Crippen molar-refractivity contribution in [2.45, 2.75) is 30.3 Å². The van der Waals surface area contributed by atoms with Gasteiger partial charge >= 0.3 is 0 Å². The molecule has 1 aromatic rings. The number of hydrogen-bond donors (Lipinski definition) is 1. The maximum Gasteiger partial charge on any atom is 0.246 e. The van der Waals surface area contributed by atoms with E-state index in [2.05, 4.69) is 10.00 Å². The highest BCUT2D eigenvalue weighted by Gasteiger charge is 2.34. The molecule has 1 fully saturated rings. The van der Waals surface area contributed by atoms with E-state index in [1.807, 2.05) is 14.1 Å². The predicted molar refractivity (Wildman–Crippen MR) is 74.8 cm³/mol. The van der Waals surface area contributed by atoms with Gasteiger partial charge in [-0.25, -0.2) is 8.42 Å². The fraction of sp³-hybridized carbons (Fsp3) is 0.750. The third-order valence-electron chi connectivity index (χ3n) is 3.65. The van der Waals surface area contributed by atoms with Crippen molar-refractivity contribution < 1.29 is 13.5 Å². The van der Waals surface area contributed by atoms with E-state index >= 15 is 0 Å². The van der Waals surface area contributed by atoms with Crippen LogP contribution in [-0.4, -0.2) is 72.3 Å². The largest absolute Gasteiger partial charge is 0.396 e. The predicted octanol–water partition coefficient (Wildman–Crippen LogP) is -0.410. The summed E-state index contributed by atoms with van der Waals surface area (Å²) in [6.07, 6.45) is 4.34. The molecule has 0 amide bonds. The lowest BCUT2D eigenvalue weighted by Crippen LogP contribution is -2.34. The summed E-state index contributed by atoms with van der Waals surface area (Å²) < 4.78 is 28.1. The zero-order valence-electron chi connectivity index (χ0n) is 11.9. The monoisotopic (exact) mass is 302 g/mol. The molecule has 0 aliphatic carbocycles. The zero-order valence-corrected chi connectivity index (χ0v) is 12.8. The molecule has 0 radical (unpaired) electrons. The summed E-state index contributed by atoms with van der Waals surface area (Å²) in [4.78, 5) is 2.29. The molecule has 1 N–H and O–H groups in total. The summed E-state index contributed by atoms with van der Waals surface area (Å²) in [5.41, 5.74) is 0. The van der Waals surface area contributed by atoms with Crippen molar-refractivity contribution in [3.63, 3.8) is 0 Å². The van der Waals surface area contributed by atoms with Gasteiger partial charge in [0.1, 0.15) is 4.90 Å². The van der Waals surface area contributed by atoms with E-state index in [4.69, 9.17) is 5.11 Å². The number of aromatic nitrogens is 2. The zero-order chi connectivity index (χ0) is 14.8. The van der Waals surface area contributed by atoms with E-state index in [0.717, 1.165) is 6.42 Å². The van der Waals surface area contributed by atoms with Crippen molar-refractivity contribution in [1.29, 1.82) is 0 Å². The van der Waals surface area contributed by atoms with Crippen molar-refractivity contribution in [1.82, 2.24) is 19.0 Å². The van der Waals surface area contributed by atoms with Gasteiger partial charge in [-0.05, 0) is 26.9 Å². The number of aliphatic hydroxyl groups excluding tert-OH is 1. The summed E-state index contributed by atoms with van der Waals surface area (Å²) in [7, 11) is 0.483. The lowest BCUT2D eigenvalue weighted by molar-refractivity contribution is 0.277. The van der Waals surface area contributed by atoms with Crippen LogP contribution in [0, 0.1) is 0 Å². The van der Waals surface area contributed by atoms with Gasteiger partial charge in [0.25, 0.3) is 0 Å². The Bertz CT molecular complexity index is 541. The van der Waals surface area contributed by atoms with Crippen LogP contribution in [0.5, 0.6) is 0 Å². The molecular formula is C12H22N4O3S. The molecule has 0 aromatic carbocycles. The molecule has 0 bridgehead atoms. The van der Waals surface area contributed by atoms with Crippen LogP contribution in [0.4, 0.5) is 0 Å². The van der Waals surface area contributed by atoms with Gasteiger partial charge in [0.05, 0.1) is 6.20 Å². The van der Waals surface area contributed by atoms with Crippen molar-refractivity contribution in [3.05, 3.63) is 12.4 Å². The minimum atomic E-state index is -3.45. The van der Waals surface area contributed by atoms with E-state index in [0.29, 0.717) is 26.1 Å². The maximum absolute atomic E-state index is 12.5. The molecule has 1 unspecified atom stereocenters. The minimum Gasteiger partial charge on any atom is -0.396 e. The van der Waals surface area contributed by atoms with Gasteiger partial charge in [0, 0.05) is 38.5 Å². The highest BCUT2D eigenvalue weighted by Crippen LogP contribution is 2.22. The van der Waals surface area contributed by atoms with Crippen molar-refractivity contribution in [3.8, 4) is 0 Å². The average molecular weight is 302 g/mol. The first-order valence-corrected chi connectivity index (χ1v) is 8.19. The molecule has 114 valence electrons. The molecule has 0 saturated carbocycles. The maximum atomic E-state index is 12.5. The Morgan fingerprint density at radius 1 is 1.50 bits per heavy atom. The molecule has 1 saturated heterocycles. The van der Waals surface area contributed by atoms with E-state index in [1.54, 1.807) is 4.68 Å². The Hall–Kier alpha value is -0.960. The molecule has 1 aliphatic rings. The molecule has 20 heavy (non-hydrogen) atoms. The van der Waals surface area contributed by atoms with Crippen LogP contribution in [-0.2, 0) is 16.6 Å². The van der Waals surface area contributed by atoms with Crippen LogP contribution in [0.15, 0.2) is 17.3 Å². The van der Waals surface area contributed by atoms with Crippen LogP contribution < -0.4 is 0 Å². The number of aliphatic hydroxyl groups is 1. The Morgan fingerprint density at radius 2 is 2.25 bits per heavy atom. The highest BCUT2D eigenvalue weighted by molar-refractivity contribution is 7.89. The summed E-state index contributed by atoms with van der Waals surface area (Å²) in [6, 6.07) is 0.272. The number of nitrogens with zero attached hydrogens (tertiary/aromatic N) is 4. The fourth-order valence-electron chi connectivity index (χ4n) is 2.33. The van der Waals surface area contributed by atoms with Crippen LogP contribution in [0.25, 0.3) is 0 Å². The first-order valence-electron chi connectivity index (χ1n) is 6.75. The van der Waals surface area contributed by atoms with Crippen LogP contribution >= 0.6 is 0 Å². The molecular weight excluding hydrogens is 280 g/mol. The fourth-order valence-corrected chi connectivity index (χ4v) is 3.78. The molecule has 1 aromatic heterocycles. The molecule has 0 spiro atoms. The second-order valence-corrected chi connectivity index (χ2v) is 7.22. The van der Waals surface area contributed by atoms with Crippen LogP contribution in [0.3, 0.4) is 0 Å². The minimum absolute atomic E-state index is 0.0680. The molecule has 7 nitrogen and oxygen atoms in total. The summed E-state index contributed by atoms with van der Waals surface area (Å²) in [5, 5.41) is 12.8. The van der Waals surface area contributed by atoms with Gasteiger partial charge in [0.2, 0.25) is 10.0 Å². The number of likely N-dealkylation sites (N-methyl/N-ethyl adjacent to an activating group) is 1. The van der Waals surface area contributed by atoms with Gasteiger partial charge in [-0.3, -0.25) is 4.68 Å². The highest BCUT2D eigenvalue weighted by atomic mass is 32.2. The van der Waals surface area contributed by atoms with Crippen LogP contribution in [0.1, 0.15) is 12.8 Å². The first kappa shape index (κ1) is 15.4. The summed E-state index contributed by atoms with van der Waals surface area (Å²) >= 11 is 0. The van der Waals surface area contributed by atoms with Crippen molar-refractivity contribution in [2.75, 3.05) is 33.8 Å². The molecule has 2 rings (SSSR count). The Morgan fingerprint density at radius 3 is 2.85 bits per heavy atom. The second kappa shape index (κ2) is 6.21. The Kier molecular flexibility index (Phi) is 4.79. The Balaban J connectivity index is 2.09. The van der Waals surface area contributed by atoms with Gasteiger partial charge in [-0.1, -0.05) is 0 Å². The van der Waals surface area contributed by atoms with E-state index in [1.165, 1.54) is 16.7 Å². The smallest absolute Gasteiger partial charge is 0.246 e. The number of hydrogen-bond acceptors (Lipinski definition) is 5. The van der Waals surface area contributed by atoms with E-state index < -0.39 is 10.0 Å². The quantitative estimate of drug-likeness (QED) is 0.773. The number of rotatable bonds is 6. The molecule has 8 heteroatoms. The van der Waals surface area contributed by atoms with E-state index in [9.17, 15) is 8.42 Å².